The molecule has 0 saturated carbocycles. The highest BCUT2D eigenvalue weighted by molar-refractivity contribution is 7.80. The number of thiol groups is 1. The third-order valence-corrected chi connectivity index (χ3v) is 1.92. The van der Waals surface area contributed by atoms with Gasteiger partial charge in [0.15, 0.2) is 0 Å². The van der Waals surface area contributed by atoms with Crippen molar-refractivity contribution in [2.24, 2.45) is 0 Å². The van der Waals surface area contributed by atoms with Crippen LogP contribution in [-0.2, 0) is 0 Å². The highest BCUT2D eigenvalue weighted by Gasteiger charge is 1.96. The van der Waals surface area contributed by atoms with Crippen molar-refractivity contribution in [3.05, 3.63) is 24.3 Å². The molecular weight excluding hydrogens is 160 g/mol. The Morgan fingerprint density at radius 2 is 2.00 bits per heavy atom. The van der Waals surface area contributed by atoms with Gasteiger partial charge in [-0.25, -0.2) is 0 Å². The van der Waals surface area contributed by atoms with Crippen LogP contribution < -0.4 is 4.58 Å². The van der Waals surface area contributed by atoms with Crippen LogP contribution in [0.5, 0.6) is 0 Å². The predicted molar refractivity (Wildman–Crippen MR) is 54.4 cm³/mol. The van der Waals surface area contributed by atoms with Gasteiger partial charge in [0.1, 0.15) is 0 Å². The lowest BCUT2D eigenvalue weighted by molar-refractivity contribution is 1.42. The molecule has 1 aromatic carbocycles. The van der Waals surface area contributed by atoms with Crippen LogP contribution in [0.2, 0.25) is 0 Å². The summed E-state index contributed by atoms with van der Waals surface area (Å²) in [5.74, 6) is 0. The van der Waals surface area contributed by atoms with Crippen molar-refractivity contribution in [1.29, 1.82) is 0 Å². The van der Waals surface area contributed by atoms with Crippen molar-refractivity contribution in [2.45, 2.75) is 4.90 Å². The molecule has 0 fully saturated rings. The van der Waals surface area contributed by atoms with Crippen molar-refractivity contribution in [3.8, 4) is 0 Å². The van der Waals surface area contributed by atoms with Crippen LogP contribution in [-0.4, -0.2) is 7.98 Å². The van der Waals surface area contributed by atoms with Gasteiger partial charge in [0.2, 0.25) is 7.98 Å². The smallest absolute Gasteiger partial charge is 0.221 e. The normalized spacial score (nSPS) is 9.40. The summed E-state index contributed by atoms with van der Waals surface area (Å²) >= 11 is 4.28. The lowest BCUT2D eigenvalue weighted by Gasteiger charge is -2.13. The van der Waals surface area contributed by atoms with E-state index in [1.165, 1.54) is 0 Å². The van der Waals surface area contributed by atoms with Crippen LogP contribution in [0.15, 0.2) is 29.2 Å². The lowest BCUT2D eigenvalue weighted by Crippen LogP contribution is -2.02. The van der Waals surface area contributed by atoms with Gasteiger partial charge in [0.05, 0.1) is 0 Å². The van der Waals surface area contributed by atoms with E-state index >= 15 is 0 Å². The van der Waals surface area contributed by atoms with Crippen LogP contribution in [0.1, 0.15) is 0 Å². The minimum atomic E-state index is 1.00. The first-order valence-electron chi connectivity index (χ1n) is 2.98. The number of benzene rings is 1. The van der Waals surface area contributed by atoms with Gasteiger partial charge < -0.3 is 4.58 Å². The van der Waals surface area contributed by atoms with Crippen LogP contribution in [0.25, 0.3) is 0 Å². The number of hydrogen-bond acceptors (Lipinski definition) is 2. The van der Waals surface area contributed by atoms with E-state index in [4.69, 9.17) is 0 Å². The molecule has 0 radical (unpaired) electrons. The molecule has 0 amide bonds. The Morgan fingerprint density at radius 1 is 1.40 bits per heavy atom. The second kappa shape index (κ2) is 3.31. The van der Waals surface area contributed by atoms with E-state index < -0.39 is 0 Å². The fraction of sp³-hybridized carbons (Fsp3) is 0. The van der Waals surface area contributed by atoms with Crippen LogP contribution in [0, 0.1) is 0 Å². The van der Waals surface area contributed by atoms with Gasteiger partial charge in [-0.1, -0.05) is 21.5 Å². The lowest BCUT2D eigenvalue weighted by atomic mass is 10.3. The van der Waals surface area contributed by atoms with Crippen molar-refractivity contribution in [2.75, 3.05) is 4.58 Å². The second-order valence-corrected chi connectivity index (χ2v) is 3.36. The molecule has 0 aliphatic carbocycles. The maximum Gasteiger partial charge on any atom is 0.221 e. The Morgan fingerprint density at radius 3 is 2.40 bits per heavy atom. The highest BCUT2D eigenvalue weighted by Crippen LogP contribution is 2.23. The molecular formula is C6H9BNPS. The molecule has 1 rings (SSSR count). The fourth-order valence-corrected chi connectivity index (χ4v) is 1.41. The van der Waals surface area contributed by atoms with Crippen LogP contribution >= 0.6 is 22.0 Å². The van der Waals surface area contributed by atoms with Gasteiger partial charge in [0, 0.05) is 10.6 Å². The Bertz CT molecular complexity index is 229. The van der Waals surface area contributed by atoms with Gasteiger partial charge in [-0.3, -0.25) is 0 Å². The molecule has 52 valence electrons. The Hall–Kier alpha value is -0.135. The fourth-order valence-electron chi connectivity index (χ4n) is 0.762. The quantitative estimate of drug-likeness (QED) is 0.374. The molecule has 1 aromatic rings. The molecule has 0 bridgehead atoms. The first kappa shape index (κ1) is 7.97. The Labute approximate surface area is 69.9 Å². The zero-order valence-electron chi connectivity index (χ0n) is 5.78. The van der Waals surface area contributed by atoms with E-state index in [9.17, 15) is 0 Å². The standard InChI is InChI=1S/C6H9BNPS/c7-8(9)5-3-1-2-4-6(5)10/h1-4,10H,7,9H2. The van der Waals surface area contributed by atoms with Gasteiger partial charge >= 0.3 is 0 Å². The zero-order valence-corrected chi connectivity index (χ0v) is 7.83. The van der Waals surface area contributed by atoms with Crippen molar-refractivity contribution in [3.63, 3.8) is 0 Å². The first-order valence-corrected chi connectivity index (χ1v) is 3.94. The number of anilines is 1. The highest BCUT2D eigenvalue weighted by atomic mass is 32.1. The summed E-state index contributed by atoms with van der Waals surface area (Å²) in [7, 11) is 4.56. The number of para-hydroxylation sites is 1. The second-order valence-electron chi connectivity index (χ2n) is 2.10. The summed E-state index contributed by atoms with van der Waals surface area (Å²) in [6, 6.07) is 7.96. The minimum Gasteiger partial charge on any atom is -0.406 e. The topological polar surface area (TPSA) is 3.24 Å². The summed E-state index contributed by atoms with van der Waals surface area (Å²) < 4.78 is 1.96. The van der Waals surface area contributed by atoms with Crippen molar-refractivity contribution >= 4 is 35.7 Å². The molecule has 0 aliphatic rings. The molecule has 0 aliphatic heterocycles. The average Bonchev–Trinajstić information content (AvgIpc) is 1.88. The summed E-state index contributed by atoms with van der Waals surface area (Å²) in [4.78, 5) is 1.00. The third-order valence-electron chi connectivity index (χ3n) is 1.26. The zero-order chi connectivity index (χ0) is 7.56. The monoisotopic (exact) mass is 169 g/mol. The van der Waals surface area contributed by atoms with E-state index in [1.807, 2.05) is 36.8 Å². The molecule has 0 aromatic heterocycles. The molecule has 1 atom stereocenters. The molecule has 10 heavy (non-hydrogen) atoms. The van der Waals surface area contributed by atoms with Gasteiger partial charge in [-0.05, 0) is 12.1 Å². The molecule has 1 nitrogen and oxygen atoms in total. The largest absolute Gasteiger partial charge is 0.406 e. The van der Waals surface area contributed by atoms with Crippen LogP contribution in [0.4, 0.5) is 5.69 Å². The third kappa shape index (κ3) is 1.68. The van der Waals surface area contributed by atoms with Gasteiger partial charge in [0.25, 0.3) is 0 Å². The number of nitrogens with zero attached hydrogens (tertiary/aromatic N) is 1. The number of rotatable bonds is 1. The summed E-state index contributed by atoms with van der Waals surface area (Å²) in [5.41, 5.74) is 1.12. The van der Waals surface area contributed by atoms with E-state index in [1.54, 1.807) is 0 Å². The minimum absolute atomic E-state index is 1.00. The summed E-state index contributed by atoms with van der Waals surface area (Å²) in [6.07, 6.45) is 0. The van der Waals surface area contributed by atoms with Crippen molar-refractivity contribution < 1.29 is 0 Å². The molecule has 0 N–H and O–H groups in total. The first-order chi connectivity index (χ1) is 4.72. The van der Waals surface area contributed by atoms with Gasteiger partial charge in [-0.2, -0.15) is 0 Å². The van der Waals surface area contributed by atoms with E-state index in [0.29, 0.717) is 0 Å². The summed E-state index contributed by atoms with van der Waals surface area (Å²) in [6.45, 7) is 0. The van der Waals surface area contributed by atoms with E-state index in [2.05, 4.69) is 22.0 Å². The SMILES string of the molecule is BN(P)c1ccccc1S. The Kier molecular flexibility index (Phi) is 2.64. The van der Waals surface area contributed by atoms with Crippen LogP contribution in [0.3, 0.4) is 0 Å². The van der Waals surface area contributed by atoms with Crippen molar-refractivity contribution in [1.82, 2.24) is 0 Å². The average molecular weight is 169 g/mol. The van der Waals surface area contributed by atoms with E-state index in [-0.39, 0.29) is 0 Å². The molecule has 1 unspecified atom stereocenters. The summed E-state index contributed by atoms with van der Waals surface area (Å²) in [5, 5.41) is 0. The van der Waals surface area contributed by atoms with Gasteiger partial charge in [-0.15, -0.1) is 12.6 Å². The number of hydrogen-bond donors (Lipinski definition) is 1. The maximum absolute atomic E-state index is 4.28. The molecule has 0 heterocycles. The van der Waals surface area contributed by atoms with E-state index in [0.717, 1.165) is 10.6 Å². The maximum atomic E-state index is 4.28. The molecule has 0 spiro atoms. The molecule has 4 heteroatoms. The molecule has 0 saturated heterocycles. The predicted octanol–water partition coefficient (Wildman–Crippen LogP) is 1.12. The Balaban J connectivity index is 3.03.